The first-order valence-electron chi connectivity index (χ1n) is 12.4. The van der Waals surface area contributed by atoms with Gasteiger partial charge < -0.3 is 0 Å². The van der Waals surface area contributed by atoms with Crippen LogP contribution >= 0.6 is 0 Å². The van der Waals surface area contributed by atoms with Gasteiger partial charge in [0, 0.05) is 0 Å². The molecule has 4 rings (SSSR count). The monoisotopic (exact) mass is 454 g/mol. The molecule has 2 heteroatoms. The lowest BCUT2D eigenvalue weighted by molar-refractivity contribution is -0.409. The average Bonchev–Trinajstić information content (AvgIpc) is 2.81. The van der Waals surface area contributed by atoms with Crippen LogP contribution in [0.5, 0.6) is 0 Å². The van der Waals surface area contributed by atoms with Crippen LogP contribution in [0.4, 0.5) is 0 Å². The molecule has 0 aromatic heterocycles. The second-order valence-corrected chi connectivity index (χ2v) is 11.1. The summed E-state index contributed by atoms with van der Waals surface area (Å²) in [7, 11) is 0. The van der Waals surface area contributed by atoms with Gasteiger partial charge in [-0.15, -0.1) is 0 Å². The molecule has 0 fully saturated rings. The highest BCUT2D eigenvalue weighted by Gasteiger charge is 2.31. The fourth-order valence-electron chi connectivity index (χ4n) is 4.67. The Morgan fingerprint density at radius 1 is 0.529 bits per heavy atom. The van der Waals surface area contributed by atoms with Crippen molar-refractivity contribution in [2.24, 2.45) is 0 Å². The summed E-state index contributed by atoms with van der Waals surface area (Å²) in [5.41, 5.74) is 3.69. The Labute approximate surface area is 204 Å². The molecule has 0 bridgehead atoms. The molecule has 0 aliphatic heterocycles. The minimum Gasteiger partial charge on any atom is -0.225 e. The van der Waals surface area contributed by atoms with Gasteiger partial charge in [-0.25, -0.2) is 9.78 Å². The first-order valence-corrected chi connectivity index (χ1v) is 12.4. The fraction of sp³-hybridized carbons (Fsp3) is 0.375. The molecular weight excluding hydrogens is 416 g/mol. The van der Waals surface area contributed by atoms with Crippen molar-refractivity contribution in [3.63, 3.8) is 0 Å². The molecule has 0 unspecified atom stereocenters. The molecule has 0 radical (unpaired) electrons. The molecule has 0 spiro atoms. The van der Waals surface area contributed by atoms with Gasteiger partial charge in [0.25, 0.3) is 0 Å². The first-order chi connectivity index (χ1) is 16.0. The van der Waals surface area contributed by atoms with Crippen molar-refractivity contribution < 1.29 is 9.78 Å². The lowest BCUT2D eigenvalue weighted by Crippen LogP contribution is -2.30. The quantitative estimate of drug-likeness (QED) is 0.204. The number of benzene rings is 4. The van der Waals surface area contributed by atoms with Crippen LogP contribution in [-0.2, 0) is 21.0 Å². The van der Waals surface area contributed by atoms with Crippen LogP contribution in [-0.4, -0.2) is 0 Å². The summed E-state index contributed by atoms with van der Waals surface area (Å²) >= 11 is 0. The first kappa shape index (κ1) is 24.4. The molecule has 0 N–H and O–H groups in total. The van der Waals surface area contributed by atoms with Crippen LogP contribution in [0.15, 0.2) is 72.8 Å². The van der Waals surface area contributed by atoms with E-state index in [1.54, 1.807) is 0 Å². The van der Waals surface area contributed by atoms with E-state index in [2.05, 4.69) is 128 Å². The molecule has 0 atom stereocenters. The smallest absolute Gasteiger partial charge is 0.123 e. The maximum Gasteiger partial charge on any atom is 0.123 e. The number of hydrogen-bond acceptors (Lipinski definition) is 2. The van der Waals surface area contributed by atoms with E-state index in [1.807, 2.05) is 0 Å². The maximum atomic E-state index is 6.23. The summed E-state index contributed by atoms with van der Waals surface area (Å²) in [6.07, 6.45) is 0. The van der Waals surface area contributed by atoms with Crippen molar-refractivity contribution in [2.45, 2.75) is 78.4 Å². The third-order valence-electron chi connectivity index (χ3n) is 6.90. The van der Waals surface area contributed by atoms with E-state index in [0.29, 0.717) is 11.8 Å². The average molecular weight is 455 g/mol. The molecule has 4 aromatic carbocycles. The van der Waals surface area contributed by atoms with E-state index in [-0.39, 0.29) is 0 Å². The molecular formula is C32H38O2. The summed E-state index contributed by atoms with van der Waals surface area (Å²) in [5.74, 6) is 0.998. The molecule has 2 nitrogen and oxygen atoms in total. The molecule has 0 amide bonds. The second kappa shape index (κ2) is 9.17. The van der Waals surface area contributed by atoms with E-state index < -0.39 is 11.2 Å². The van der Waals surface area contributed by atoms with Gasteiger partial charge in [-0.05, 0) is 83.3 Å². The van der Waals surface area contributed by atoms with Crippen LogP contribution in [0.1, 0.15) is 89.5 Å². The van der Waals surface area contributed by atoms with Crippen LogP contribution in [0.25, 0.3) is 21.5 Å². The van der Waals surface area contributed by atoms with Gasteiger partial charge in [-0.2, -0.15) is 0 Å². The molecule has 0 aliphatic carbocycles. The molecule has 178 valence electrons. The zero-order valence-electron chi connectivity index (χ0n) is 21.9. The highest BCUT2D eigenvalue weighted by Crippen LogP contribution is 2.38. The fourth-order valence-corrected chi connectivity index (χ4v) is 4.67. The highest BCUT2D eigenvalue weighted by atomic mass is 17.2. The zero-order valence-corrected chi connectivity index (χ0v) is 21.9. The van der Waals surface area contributed by atoms with E-state index in [1.165, 1.54) is 32.7 Å². The SMILES string of the molecule is CC(C)c1ccc2c(C(C)(C)OOC(C)(C)c3cccc4cc(C(C)C)ccc34)cccc2c1. The van der Waals surface area contributed by atoms with Gasteiger partial charge >= 0.3 is 0 Å². The predicted molar refractivity (Wildman–Crippen MR) is 144 cm³/mol. The van der Waals surface area contributed by atoms with Crippen molar-refractivity contribution in [2.75, 3.05) is 0 Å². The lowest BCUT2D eigenvalue weighted by Gasteiger charge is -2.32. The normalized spacial score (nSPS) is 12.9. The van der Waals surface area contributed by atoms with Crippen molar-refractivity contribution in [1.82, 2.24) is 0 Å². The summed E-state index contributed by atoms with van der Waals surface area (Å²) in [4.78, 5) is 12.5. The topological polar surface area (TPSA) is 18.5 Å². The number of rotatable bonds is 7. The Morgan fingerprint density at radius 2 is 0.912 bits per heavy atom. The van der Waals surface area contributed by atoms with Gasteiger partial charge in [-0.3, -0.25) is 0 Å². The Hall–Kier alpha value is -2.68. The number of fused-ring (bicyclic) bond motifs is 2. The molecule has 0 aliphatic rings. The van der Waals surface area contributed by atoms with Crippen LogP contribution in [0.2, 0.25) is 0 Å². The molecule has 34 heavy (non-hydrogen) atoms. The zero-order chi connectivity index (χ0) is 24.7. The third-order valence-corrected chi connectivity index (χ3v) is 6.90. The molecule has 0 saturated heterocycles. The standard InChI is InChI=1S/C32H38O2/c1-21(2)23-15-17-27-25(19-23)11-9-13-29(27)31(5,6)33-34-32(7,8)30-14-10-12-26-20-24(22(3)4)16-18-28(26)30/h9-22H,1-8H3. The van der Waals surface area contributed by atoms with Gasteiger partial charge in [0.15, 0.2) is 0 Å². The Bertz CT molecular complexity index is 1210. The van der Waals surface area contributed by atoms with Crippen molar-refractivity contribution in [3.05, 3.63) is 95.1 Å². The Morgan fingerprint density at radius 3 is 1.26 bits per heavy atom. The highest BCUT2D eigenvalue weighted by molar-refractivity contribution is 5.88. The van der Waals surface area contributed by atoms with Gasteiger partial charge in [-0.1, -0.05) is 100 Å². The van der Waals surface area contributed by atoms with E-state index in [4.69, 9.17) is 9.78 Å². The summed E-state index contributed by atoms with van der Waals surface area (Å²) in [6, 6.07) is 26.3. The molecule has 4 aromatic rings. The van der Waals surface area contributed by atoms with Gasteiger partial charge in [0.05, 0.1) is 0 Å². The Balaban J connectivity index is 1.64. The second-order valence-electron chi connectivity index (χ2n) is 11.1. The Kier molecular flexibility index (Phi) is 6.59. The largest absolute Gasteiger partial charge is 0.225 e. The van der Waals surface area contributed by atoms with E-state index >= 15 is 0 Å². The number of hydrogen-bond donors (Lipinski definition) is 0. The van der Waals surface area contributed by atoms with E-state index in [0.717, 1.165) is 11.1 Å². The predicted octanol–water partition coefficient (Wildman–Crippen LogP) is 9.36. The minimum absolute atomic E-state index is 0.499. The van der Waals surface area contributed by atoms with Gasteiger partial charge in [0.2, 0.25) is 0 Å². The van der Waals surface area contributed by atoms with Crippen LogP contribution < -0.4 is 0 Å². The van der Waals surface area contributed by atoms with Crippen LogP contribution in [0.3, 0.4) is 0 Å². The summed E-state index contributed by atoms with van der Waals surface area (Å²) < 4.78 is 0. The minimum atomic E-state index is -0.620. The third kappa shape index (κ3) is 4.76. The summed E-state index contributed by atoms with van der Waals surface area (Å²) in [6.45, 7) is 17.2. The maximum absolute atomic E-state index is 6.23. The lowest BCUT2D eigenvalue weighted by atomic mass is 9.90. The van der Waals surface area contributed by atoms with Crippen molar-refractivity contribution in [1.29, 1.82) is 0 Å². The van der Waals surface area contributed by atoms with Gasteiger partial charge in [0.1, 0.15) is 11.2 Å². The summed E-state index contributed by atoms with van der Waals surface area (Å²) in [5, 5.41) is 4.86. The van der Waals surface area contributed by atoms with E-state index in [9.17, 15) is 0 Å². The van der Waals surface area contributed by atoms with Crippen molar-refractivity contribution in [3.8, 4) is 0 Å². The van der Waals surface area contributed by atoms with Crippen LogP contribution in [0, 0.1) is 0 Å². The molecule has 0 saturated carbocycles. The van der Waals surface area contributed by atoms with Crippen molar-refractivity contribution >= 4 is 21.5 Å². The molecule has 0 heterocycles.